The number of hydrogen-bond donors (Lipinski definition) is 1. The van der Waals surface area contributed by atoms with E-state index < -0.39 is 11.9 Å². The van der Waals surface area contributed by atoms with Crippen LogP contribution in [0.5, 0.6) is 0 Å². The van der Waals surface area contributed by atoms with Crippen LogP contribution in [0.25, 0.3) is 10.2 Å². The number of thiophene rings is 1. The largest absolute Gasteiger partial charge is 0.451 e. The number of benzene rings is 1. The first-order chi connectivity index (χ1) is 13.5. The summed E-state index contributed by atoms with van der Waals surface area (Å²) in [6.07, 6.45) is 0.206. The summed E-state index contributed by atoms with van der Waals surface area (Å²) in [4.78, 5) is 25.1. The van der Waals surface area contributed by atoms with Gasteiger partial charge in [0, 0.05) is 17.0 Å². The molecular formula is C19H17ClN4O3S. The van der Waals surface area contributed by atoms with Crippen molar-refractivity contribution in [1.82, 2.24) is 15.1 Å². The van der Waals surface area contributed by atoms with Gasteiger partial charge >= 0.3 is 5.97 Å². The summed E-state index contributed by atoms with van der Waals surface area (Å²) < 4.78 is 6.87. The molecular weight excluding hydrogens is 400 g/mol. The Morgan fingerprint density at radius 2 is 2.18 bits per heavy atom. The van der Waals surface area contributed by atoms with Crippen molar-refractivity contribution in [3.05, 3.63) is 51.5 Å². The highest BCUT2D eigenvalue weighted by Crippen LogP contribution is 2.30. The molecule has 3 aromatic rings. The van der Waals surface area contributed by atoms with Crippen molar-refractivity contribution in [2.75, 3.05) is 13.2 Å². The van der Waals surface area contributed by atoms with Crippen molar-refractivity contribution in [2.24, 2.45) is 0 Å². The minimum absolute atomic E-state index is 0.206. The molecule has 0 saturated heterocycles. The molecule has 0 aliphatic rings. The van der Waals surface area contributed by atoms with Crippen molar-refractivity contribution >= 4 is 45.0 Å². The Balaban J connectivity index is 1.72. The summed E-state index contributed by atoms with van der Waals surface area (Å²) in [5.41, 5.74) is 1.73. The van der Waals surface area contributed by atoms with Crippen LogP contribution >= 0.6 is 22.9 Å². The van der Waals surface area contributed by atoms with E-state index in [9.17, 15) is 9.59 Å². The normalized spacial score (nSPS) is 10.6. The highest BCUT2D eigenvalue weighted by Gasteiger charge is 2.18. The van der Waals surface area contributed by atoms with E-state index in [2.05, 4.69) is 10.4 Å². The Labute approximate surface area is 170 Å². The van der Waals surface area contributed by atoms with Crippen LogP contribution in [-0.2, 0) is 16.1 Å². The van der Waals surface area contributed by atoms with Gasteiger partial charge in [-0.1, -0.05) is 29.8 Å². The van der Waals surface area contributed by atoms with Gasteiger partial charge in [-0.15, -0.1) is 11.3 Å². The minimum atomic E-state index is -0.569. The van der Waals surface area contributed by atoms with Crippen LogP contribution in [0.4, 0.5) is 0 Å². The number of carbonyl (C=O) groups excluding carboxylic acids is 2. The fourth-order valence-corrected chi connectivity index (χ4v) is 3.87. The van der Waals surface area contributed by atoms with Gasteiger partial charge < -0.3 is 10.1 Å². The highest BCUT2D eigenvalue weighted by atomic mass is 35.5. The monoisotopic (exact) mass is 416 g/mol. The number of nitrogens with one attached hydrogen (secondary N) is 1. The smallest absolute Gasteiger partial charge is 0.348 e. The second kappa shape index (κ2) is 8.87. The fraction of sp³-hybridized carbons (Fsp3) is 0.263. The van der Waals surface area contributed by atoms with Gasteiger partial charge in [-0.05, 0) is 24.6 Å². The molecule has 0 bridgehead atoms. The van der Waals surface area contributed by atoms with Gasteiger partial charge in [0.25, 0.3) is 5.91 Å². The summed E-state index contributed by atoms with van der Waals surface area (Å²) in [5.74, 6) is -1.01. The zero-order chi connectivity index (χ0) is 20.1. The molecule has 0 aliphatic carbocycles. The first-order valence-electron chi connectivity index (χ1n) is 8.50. The number of amides is 1. The molecule has 0 unspecified atom stereocenters. The number of rotatable bonds is 7. The number of aromatic nitrogens is 2. The van der Waals surface area contributed by atoms with Crippen LogP contribution in [0.1, 0.15) is 27.3 Å². The number of aryl methyl sites for hydroxylation is 1. The van der Waals surface area contributed by atoms with Crippen molar-refractivity contribution in [3.63, 3.8) is 0 Å². The van der Waals surface area contributed by atoms with E-state index in [1.54, 1.807) is 6.07 Å². The van der Waals surface area contributed by atoms with Crippen LogP contribution in [0.2, 0.25) is 5.02 Å². The molecule has 1 aromatic carbocycles. The Morgan fingerprint density at radius 1 is 1.39 bits per heavy atom. The number of nitriles is 1. The molecule has 0 atom stereocenters. The fourth-order valence-electron chi connectivity index (χ4n) is 2.62. The molecule has 7 nitrogen and oxygen atoms in total. The van der Waals surface area contributed by atoms with E-state index in [1.165, 1.54) is 11.3 Å². The molecule has 2 aromatic heterocycles. The van der Waals surface area contributed by atoms with E-state index in [0.717, 1.165) is 21.5 Å². The van der Waals surface area contributed by atoms with Gasteiger partial charge in [-0.3, -0.25) is 9.48 Å². The highest BCUT2D eigenvalue weighted by molar-refractivity contribution is 7.20. The number of ether oxygens (including phenoxy) is 1. The second-order valence-electron chi connectivity index (χ2n) is 6.00. The van der Waals surface area contributed by atoms with Crippen LogP contribution in [0, 0.1) is 18.3 Å². The molecule has 9 heteroatoms. The van der Waals surface area contributed by atoms with Crippen molar-refractivity contribution < 1.29 is 14.3 Å². The molecule has 1 N–H and O–H groups in total. The van der Waals surface area contributed by atoms with Crippen LogP contribution < -0.4 is 5.32 Å². The quantitative estimate of drug-likeness (QED) is 0.470. The molecule has 0 fully saturated rings. The van der Waals surface area contributed by atoms with Gasteiger partial charge in [-0.2, -0.15) is 10.4 Å². The first kappa shape index (κ1) is 19.9. The zero-order valence-electron chi connectivity index (χ0n) is 15.1. The van der Waals surface area contributed by atoms with Crippen LogP contribution in [0.3, 0.4) is 0 Å². The van der Waals surface area contributed by atoms with E-state index in [1.807, 2.05) is 41.9 Å². The van der Waals surface area contributed by atoms with Gasteiger partial charge in [0.15, 0.2) is 6.61 Å². The lowest BCUT2D eigenvalue weighted by Crippen LogP contribution is -2.29. The lowest BCUT2D eigenvalue weighted by atomic mass is 10.2. The maximum Gasteiger partial charge on any atom is 0.348 e. The number of esters is 1. The summed E-state index contributed by atoms with van der Waals surface area (Å²) in [6, 6.07) is 11.2. The minimum Gasteiger partial charge on any atom is -0.451 e. The topological polar surface area (TPSA) is 97.0 Å². The number of hydrogen-bond acceptors (Lipinski definition) is 6. The number of fused-ring (bicyclic) bond motifs is 1. The molecule has 1 amide bonds. The Morgan fingerprint density at radius 3 is 2.93 bits per heavy atom. The average molecular weight is 417 g/mol. The third kappa shape index (κ3) is 4.50. The zero-order valence-corrected chi connectivity index (χ0v) is 16.6. The van der Waals surface area contributed by atoms with Gasteiger partial charge in [0.2, 0.25) is 0 Å². The van der Waals surface area contributed by atoms with Crippen LogP contribution in [-0.4, -0.2) is 34.8 Å². The van der Waals surface area contributed by atoms with Crippen molar-refractivity contribution in [3.8, 4) is 6.07 Å². The first-order valence-corrected chi connectivity index (χ1v) is 9.70. The number of carbonyl (C=O) groups is 2. The summed E-state index contributed by atoms with van der Waals surface area (Å²) in [7, 11) is 0. The average Bonchev–Trinajstić information content (AvgIpc) is 3.23. The standard InChI is InChI=1S/C19H17ClN4O3S/c1-12-14-9-16(19(26)27-11-17(25)22-8-4-7-21)28-18(14)24(23-12)10-13-5-2-3-6-15(13)20/h2-3,5-6,9H,4,8,10-11H2,1H3,(H,22,25). The Hall–Kier alpha value is -2.89. The molecule has 2 heterocycles. The molecule has 144 valence electrons. The molecule has 0 radical (unpaired) electrons. The second-order valence-corrected chi connectivity index (χ2v) is 7.44. The molecule has 0 aliphatic heterocycles. The SMILES string of the molecule is Cc1nn(Cc2ccccc2Cl)c2sc(C(=O)OCC(=O)NCCC#N)cc12. The van der Waals surface area contributed by atoms with Crippen LogP contribution in [0.15, 0.2) is 30.3 Å². The summed E-state index contributed by atoms with van der Waals surface area (Å²) in [6.45, 7) is 2.20. The molecule has 0 spiro atoms. The van der Waals surface area contributed by atoms with E-state index in [4.69, 9.17) is 21.6 Å². The lowest BCUT2D eigenvalue weighted by Gasteiger charge is -2.05. The maximum absolute atomic E-state index is 12.3. The van der Waals surface area contributed by atoms with Crippen molar-refractivity contribution in [1.29, 1.82) is 5.26 Å². The van der Waals surface area contributed by atoms with E-state index in [-0.39, 0.29) is 19.6 Å². The molecule has 28 heavy (non-hydrogen) atoms. The third-order valence-corrected chi connectivity index (χ3v) is 5.48. The number of nitrogens with zero attached hydrogens (tertiary/aromatic N) is 3. The van der Waals surface area contributed by atoms with E-state index >= 15 is 0 Å². The number of halogens is 1. The lowest BCUT2D eigenvalue weighted by molar-refractivity contribution is -0.124. The van der Waals surface area contributed by atoms with Gasteiger partial charge in [0.1, 0.15) is 9.71 Å². The summed E-state index contributed by atoms with van der Waals surface area (Å²) >= 11 is 7.50. The van der Waals surface area contributed by atoms with Gasteiger partial charge in [0.05, 0.1) is 24.7 Å². The van der Waals surface area contributed by atoms with Crippen molar-refractivity contribution in [2.45, 2.75) is 19.9 Å². The third-order valence-electron chi connectivity index (χ3n) is 3.98. The molecule has 3 rings (SSSR count). The maximum atomic E-state index is 12.3. The van der Waals surface area contributed by atoms with Gasteiger partial charge in [-0.25, -0.2) is 4.79 Å². The summed E-state index contributed by atoms with van der Waals surface area (Å²) in [5, 5.41) is 17.0. The molecule has 0 saturated carbocycles. The predicted octanol–water partition coefficient (Wildman–Crippen LogP) is 3.29. The Bertz CT molecular complexity index is 1070. The predicted molar refractivity (Wildman–Crippen MR) is 106 cm³/mol. The van der Waals surface area contributed by atoms with E-state index in [0.29, 0.717) is 16.4 Å². The Kier molecular flexibility index (Phi) is 6.29.